The zero-order valence-corrected chi connectivity index (χ0v) is 15.0. The normalized spacial score (nSPS) is 22.8. The first-order valence-electron chi connectivity index (χ1n) is 9.40. The molecule has 4 heteroatoms. The van der Waals surface area contributed by atoms with Gasteiger partial charge in [-0.15, -0.1) is 0 Å². The number of ether oxygens (including phenoxy) is 1. The number of hydrogen-bond acceptors (Lipinski definition) is 2. The van der Waals surface area contributed by atoms with Crippen LogP contribution in [0.2, 0.25) is 0 Å². The lowest BCUT2D eigenvalue weighted by Gasteiger charge is -2.26. The Balaban J connectivity index is 1.65. The standard InChI is InChI=1S/C20H30N2O2/c1-15-13-17(16(2)22(15)19-8-4-3-5-9-19)10-11-20(23)21-18-7-6-12-24-14-18/h10-11,13,18-19H,3-9,12,14H2,1-2H3,(H,21,23)/b11-10+. The molecule has 1 aromatic rings. The highest BCUT2D eigenvalue weighted by Gasteiger charge is 2.19. The molecule has 3 rings (SSSR count). The molecule has 1 amide bonds. The number of nitrogens with one attached hydrogen (secondary N) is 1. The van der Waals surface area contributed by atoms with Crippen molar-refractivity contribution in [1.82, 2.24) is 9.88 Å². The summed E-state index contributed by atoms with van der Waals surface area (Å²) in [5.74, 6) is -0.0204. The number of rotatable bonds is 4. The van der Waals surface area contributed by atoms with Crippen molar-refractivity contribution in [3.63, 3.8) is 0 Å². The number of hydrogen-bond donors (Lipinski definition) is 1. The molecule has 0 bridgehead atoms. The first-order valence-corrected chi connectivity index (χ1v) is 9.40. The van der Waals surface area contributed by atoms with Crippen LogP contribution in [0, 0.1) is 13.8 Å². The molecule has 0 aromatic carbocycles. The maximum absolute atomic E-state index is 12.1. The zero-order valence-electron chi connectivity index (χ0n) is 15.0. The maximum Gasteiger partial charge on any atom is 0.244 e. The molecule has 1 saturated carbocycles. The quantitative estimate of drug-likeness (QED) is 0.850. The number of aromatic nitrogens is 1. The number of nitrogens with zero attached hydrogens (tertiary/aromatic N) is 1. The summed E-state index contributed by atoms with van der Waals surface area (Å²) in [4.78, 5) is 12.1. The van der Waals surface area contributed by atoms with Crippen molar-refractivity contribution in [1.29, 1.82) is 0 Å². The van der Waals surface area contributed by atoms with Gasteiger partial charge in [0, 0.05) is 30.1 Å². The van der Waals surface area contributed by atoms with Crippen LogP contribution in [0.1, 0.15) is 67.9 Å². The molecule has 0 spiro atoms. The van der Waals surface area contributed by atoms with E-state index in [0.717, 1.165) is 25.0 Å². The maximum atomic E-state index is 12.1. The highest BCUT2D eigenvalue weighted by atomic mass is 16.5. The first-order chi connectivity index (χ1) is 11.6. The van der Waals surface area contributed by atoms with Gasteiger partial charge in [0.15, 0.2) is 0 Å². The summed E-state index contributed by atoms with van der Waals surface area (Å²) in [5, 5.41) is 3.04. The van der Waals surface area contributed by atoms with Crippen LogP contribution in [0.15, 0.2) is 12.1 Å². The van der Waals surface area contributed by atoms with Crippen LogP contribution in [-0.4, -0.2) is 29.7 Å². The fourth-order valence-electron chi connectivity index (χ4n) is 4.14. The van der Waals surface area contributed by atoms with E-state index < -0.39 is 0 Å². The van der Waals surface area contributed by atoms with Gasteiger partial charge in [-0.25, -0.2) is 0 Å². The van der Waals surface area contributed by atoms with Gasteiger partial charge in [-0.1, -0.05) is 19.3 Å². The SMILES string of the molecule is Cc1cc(/C=C/C(=O)NC2CCCOC2)c(C)n1C1CCCCC1. The van der Waals surface area contributed by atoms with Crippen molar-refractivity contribution in [3.8, 4) is 0 Å². The van der Waals surface area contributed by atoms with Crippen LogP contribution < -0.4 is 5.32 Å². The van der Waals surface area contributed by atoms with Gasteiger partial charge >= 0.3 is 0 Å². The molecule has 1 atom stereocenters. The van der Waals surface area contributed by atoms with Crippen molar-refractivity contribution in [3.05, 3.63) is 29.1 Å². The minimum absolute atomic E-state index is 0.0204. The Labute approximate surface area is 145 Å². The van der Waals surface area contributed by atoms with E-state index in [1.165, 1.54) is 43.5 Å². The highest BCUT2D eigenvalue weighted by molar-refractivity contribution is 5.92. The monoisotopic (exact) mass is 330 g/mol. The summed E-state index contributed by atoms with van der Waals surface area (Å²) in [6.07, 6.45) is 12.3. The lowest BCUT2D eigenvalue weighted by molar-refractivity contribution is -0.118. The van der Waals surface area contributed by atoms with Crippen LogP contribution in [0.4, 0.5) is 0 Å². The second-order valence-electron chi connectivity index (χ2n) is 7.24. The summed E-state index contributed by atoms with van der Waals surface area (Å²) >= 11 is 0. The van der Waals surface area contributed by atoms with Gasteiger partial charge in [0.1, 0.15) is 0 Å². The largest absolute Gasteiger partial charge is 0.379 e. The van der Waals surface area contributed by atoms with Gasteiger partial charge in [-0.05, 0) is 57.2 Å². The van der Waals surface area contributed by atoms with E-state index in [9.17, 15) is 4.79 Å². The van der Waals surface area contributed by atoms with Crippen LogP contribution >= 0.6 is 0 Å². The smallest absolute Gasteiger partial charge is 0.244 e. The molecular formula is C20H30N2O2. The number of aryl methyl sites for hydroxylation is 1. The summed E-state index contributed by atoms with van der Waals surface area (Å²) in [6.45, 7) is 5.80. The molecule has 2 aliphatic rings. The van der Waals surface area contributed by atoms with Gasteiger partial charge in [0.05, 0.1) is 12.6 Å². The molecule has 4 nitrogen and oxygen atoms in total. The van der Waals surface area contributed by atoms with Crippen LogP contribution in [0.3, 0.4) is 0 Å². The predicted octanol–water partition coefficient (Wildman–Crippen LogP) is 3.92. The van der Waals surface area contributed by atoms with Crippen molar-refractivity contribution < 1.29 is 9.53 Å². The van der Waals surface area contributed by atoms with E-state index in [-0.39, 0.29) is 11.9 Å². The van der Waals surface area contributed by atoms with E-state index >= 15 is 0 Å². The van der Waals surface area contributed by atoms with Gasteiger partial charge in [-0.2, -0.15) is 0 Å². The molecule has 1 N–H and O–H groups in total. The van der Waals surface area contributed by atoms with E-state index in [1.54, 1.807) is 6.08 Å². The van der Waals surface area contributed by atoms with E-state index in [2.05, 4.69) is 29.8 Å². The molecule has 0 radical (unpaired) electrons. The summed E-state index contributed by atoms with van der Waals surface area (Å²) in [7, 11) is 0. The van der Waals surface area contributed by atoms with Gasteiger partial charge in [0.25, 0.3) is 0 Å². The van der Waals surface area contributed by atoms with Gasteiger partial charge in [0.2, 0.25) is 5.91 Å². The first kappa shape index (κ1) is 17.3. The second kappa shape index (κ2) is 8.02. The predicted molar refractivity (Wildman–Crippen MR) is 97.0 cm³/mol. The topological polar surface area (TPSA) is 43.3 Å². The minimum atomic E-state index is -0.0204. The Morgan fingerprint density at radius 2 is 2.00 bits per heavy atom. The number of amides is 1. The fraction of sp³-hybridized carbons (Fsp3) is 0.650. The molecule has 1 unspecified atom stereocenters. The highest BCUT2D eigenvalue weighted by Crippen LogP contribution is 2.32. The Bertz CT molecular complexity index is 591. The summed E-state index contributed by atoms with van der Waals surface area (Å²) < 4.78 is 7.89. The lowest BCUT2D eigenvalue weighted by Crippen LogP contribution is -2.39. The molecular weight excluding hydrogens is 300 g/mol. The lowest BCUT2D eigenvalue weighted by atomic mass is 9.95. The Morgan fingerprint density at radius 1 is 1.21 bits per heavy atom. The third-order valence-electron chi connectivity index (χ3n) is 5.38. The van der Waals surface area contributed by atoms with Crippen molar-refractivity contribution in [2.45, 2.75) is 70.9 Å². The van der Waals surface area contributed by atoms with Gasteiger partial charge < -0.3 is 14.6 Å². The van der Waals surface area contributed by atoms with Gasteiger partial charge in [-0.3, -0.25) is 4.79 Å². The second-order valence-corrected chi connectivity index (χ2v) is 7.24. The average molecular weight is 330 g/mol. The minimum Gasteiger partial charge on any atom is -0.379 e. The van der Waals surface area contributed by atoms with Crippen LogP contribution in [0.5, 0.6) is 0 Å². The molecule has 2 fully saturated rings. The third kappa shape index (κ3) is 4.10. The molecule has 1 aliphatic heterocycles. The summed E-state index contributed by atoms with van der Waals surface area (Å²) in [6, 6.07) is 3.00. The molecule has 1 aliphatic carbocycles. The number of carbonyl (C=O) groups is 1. The van der Waals surface area contributed by atoms with Crippen molar-refractivity contribution >= 4 is 12.0 Å². The van der Waals surface area contributed by atoms with Crippen LogP contribution in [-0.2, 0) is 9.53 Å². The van der Waals surface area contributed by atoms with E-state index in [1.807, 2.05) is 6.08 Å². The molecule has 24 heavy (non-hydrogen) atoms. The fourth-order valence-corrected chi connectivity index (χ4v) is 4.14. The van der Waals surface area contributed by atoms with E-state index in [0.29, 0.717) is 12.6 Å². The molecule has 1 aromatic heterocycles. The Morgan fingerprint density at radius 3 is 2.71 bits per heavy atom. The zero-order chi connectivity index (χ0) is 16.9. The van der Waals surface area contributed by atoms with Crippen molar-refractivity contribution in [2.24, 2.45) is 0 Å². The van der Waals surface area contributed by atoms with Crippen molar-refractivity contribution in [2.75, 3.05) is 13.2 Å². The Kier molecular flexibility index (Phi) is 5.77. The Hall–Kier alpha value is -1.55. The average Bonchev–Trinajstić information content (AvgIpc) is 2.88. The molecule has 2 heterocycles. The number of carbonyl (C=O) groups excluding carboxylic acids is 1. The van der Waals surface area contributed by atoms with Crippen LogP contribution in [0.25, 0.3) is 6.08 Å². The molecule has 132 valence electrons. The third-order valence-corrected chi connectivity index (χ3v) is 5.38. The summed E-state index contributed by atoms with van der Waals surface area (Å²) in [5.41, 5.74) is 3.75. The molecule has 1 saturated heterocycles. The van der Waals surface area contributed by atoms with E-state index in [4.69, 9.17) is 4.74 Å².